The standard InChI is InChI=1S/C21H28N6O3S2/c1-6-13(17(28)22-20-25-23-15(32-20)10-30-5)27-19(29)16-12-8-7-11(21(2,3)4)9-14(12)31-18(16)24-26-27/h11,13H,6-10H2,1-5H3,(H,22,25,28). The average molecular weight is 477 g/mol. The van der Waals surface area contributed by atoms with E-state index in [0.29, 0.717) is 39.3 Å². The number of nitrogens with one attached hydrogen (secondary N) is 1. The van der Waals surface area contributed by atoms with Crippen LogP contribution in [-0.4, -0.2) is 38.2 Å². The van der Waals surface area contributed by atoms with Crippen molar-refractivity contribution in [3.8, 4) is 0 Å². The first-order chi connectivity index (χ1) is 15.2. The first-order valence-corrected chi connectivity index (χ1v) is 12.4. The molecular weight excluding hydrogens is 448 g/mol. The van der Waals surface area contributed by atoms with Gasteiger partial charge in [-0.1, -0.05) is 44.2 Å². The van der Waals surface area contributed by atoms with Gasteiger partial charge in [-0.25, -0.2) is 0 Å². The summed E-state index contributed by atoms with van der Waals surface area (Å²) in [7, 11) is 1.57. The average Bonchev–Trinajstić information content (AvgIpc) is 3.33. The van der Waals surface area contributed by atoms with Gasteiger partial charge in [0.25, 0.3) is 11.5 Å². The number of thiophene rings is 1. The molecule has 0 fully saturated rings. The molecule has 172 valence electrons. The lowest BCUT2D eigenvalue weighted by molar-refractivity contribution is -0.119. The second kappa shape index (κ2) is 8.95. The van der Waals surface area contributed by atoms with Gasteiger partial charge in [0.05, 0.1) is 5.39 Å². The second-order valence-corrected chi connectivity index (χ2v) is 11.3. The minimum absolute atomic E-state index is 0.221. The van der Waals surface area contributed by atoms with Crippen molar-refractivity contribution in [2.24, 2.45) is 11.3 Å². The molecule has 0 bridgehead atoms. The summed E-state index contributed by atoms with van der Waals surface area (Å²) in [4.78, 5) is 28.3. The Hall–Kier alpha value is -2.24. The van der Waals surface area contributed by atoms with Crippen molar-refractivity contribution in [3.63, 3.8) is 0 Å². The third-order valence-electron chi connectivity index (χ3n) is 6.07. The summed E-state index contributed by atoms with van der Waals surface area (Å²) in [5, 5.41) is 20.8. The number of hydrogen-bond acceptors (Lipinski definition) is 9. The molecule has 3 heterocycles. The molecule has 0 spiro atoms. The Labute approximate surface area is 194 Å². The van der Waals surface area contributed by atoms with Crippen molar-refractivity contribution in [3.05, 3.63) is 25.8 Å². The third kappa shape index (κ3) is 4.33. The molecular formula is C21H28N6O3S2. The van der Waals surface area contributed by atoms with Gasteiger partial charge < -0.3 is 4.74 Å². The van der Waals surface area contributed by atoms with Crippen LogP contribution in [0.15, 0.2) is 4.79 Å². The van der Waals surface area contributed by atoms with Crippen LogP contribution < -0.4 is 10.9 Å². The fourth-order valence-electron chi connectivity index (χ4n) is 4.19. The van der Waals surface area contributed by atoms with E-state index in [1.54, 1.807) is 18.4 Å². The number of aryl methyl sites for hydroxylation is 1. The lowest BCUT2D eigenvalue weighted by atomic mass is 9.72. The zero-order valence-electron chi connectivity index (χ0n) is 19.0. The summed E-state index contributed by atoms with van der Waals surface area (Å²) in [5.74, 6) is 0.211. The SMILES string of the molecule is CCC(C(=O)Nc1nnc(COC)s1)n1nnc2sc3c(c2c1=O)CCC(C(C)(C)C)C3. The molecule has 0 aliphatic heterocycles. The van der Waals surface area contributed by atoms with Crippen molar-refractivity contribution in [2.75, 3.05) is 12.4 Å². The maximum atomic E-state index is 13.4. The van der Waals surface area contributed by atoms with Crippen molar-refractivity contribution in [1.82, 2.24) is 25.2 Å². The van der Waals surface area contributed by atoms with E-state index in [1.165, 1.54) is 20.9 Å². The van der Waals surface area contributed by atoms with Crippen LogP contribution in [0.2, 0.25) is 0 Å². The number of methoxy groups -OCH3 is 1. The van der Waals surface area contributed by atoms with Crippen LogP contribution in [0.4, 0.5) is 5.13 Å². The van der Waals surface area contributed by atoms with E-state index < -0.39 is 6.04 Å². The Bertz CT molecular complexity index is 1190. The van der Waals surface area contributed by atoms with Crippen molar-refractivity contribution >= 4 is 43.9 Å². The predicted octanol–water partition coefficient (Wildman–Crippen LogP) is 3.59. The highest BCUT2D eigenvalue weighted by atomic mass is 32.1. The van der Waals surface area contributed by atoms with Gasteiger partial charge in [0, 0.05) is 12.0 Å². The highest BCUT2D eigenvalue weighted by Crippen LogP contribution is 2.41. The molecule has 2 atom stereocenters. The summed E-state index contributed by atoms with van der Waals surface area (Å²) in [5.41, 5.74) is 1.06. The maximum absolute atomic E-state index is 13.4. The summed E-state index contributed by atoms with van der Waals surface area (Å²) >= 11 is 2.80. The normalized spacial score (nSPS) is 17.3. The Morgan fingerprint density at radius 2 is 2.06 bits per heavy atom. The van der Waals surface area contributed by atoms with Crippen LogP contribution in [0.25, 0.3) is 10.2 Å². The molecule has 0 saturated carbocycles. The zero-order valence-corrected chi connectivity index (χ0v) is 20.6. The molecule has 32 heavy (non-hydrogen) atoms. The van der Waals surface area contributed by atoms with E-state index in [-0.39, 0.29) is 16.9 Å². The van der Waals surface area contributed by atoms with Crippen molar-refractivity contribution < 1.29 is 9.53 Å². The van der Waals surface area contributed by atoms with Crippen molar-refractivity contribution in [1.29, 1.82) is 0 Å². The maximum Gasteiger partial charge on any atom is 0.279 e. The molecule has 4 rings (SSSR count). The van der Waals surface area contributed by atoms with Gasteiger partial charge in [0.15, 0.2) is 4.83 Å². The quantitative estimate of drug-likeness (QED) is 0.578. The highest BCUT2D eigenvalue weighted by molar-refractivity contribution is 7.18. The van der Waals surface area contributed by atoms with Gasteiger partial charge in [-0.15, -0.1) is 26.6 Å². The van der Waals surface area contributed by atoms with Crippen LogP contribution in [0.1, 0.15) is 62.0 Å². The molecule has 0 saturated heterocycles. The molecule has 0 radical (unpaired) electrons. The lowest BCUT2D eigenvalue weighted by Gasteiger charge is -2.33. The van der Waals surface area contributed by atoms with Gasteiger partial charge in [-0.3, -0.25) is 14.9 Å². The van der Waals surface area contributed by atoms with E-state index in [2.05, 4.69) is 46.6 Å². The minimum Gasteiger partial charge on any atom is -0.377 e. The number of anilines is 1. The van der Waals surface area contributed by atoms with Gasteiger partial charge in [0.2, 0.25) is 5.13 Å². The van der Waals surface area contributed by atoms with Gasteiger partial charge in [0.1, 0.15) is 17.7 Å². The third-order valence-corrected chi connectivity index (χ3v) is 8.03. The zero-order chi connectivity index (χ0) is 23.0. The van der Waals surface area contributed by atoms with Crippen LogP contribution in [0.5, 0.6) is 0 Å². The molecule has 9 nitrogen and oxygen atoms in total. The molecule has 1 N–H and O–H groups in total. The second-order valence-electron chi connectivity index (χ2n) is 9.18. The number of rotatable bonds is 6. The molecule has 3 aromatic heterocycles. The van der Waals surface area contributed by atoms with Gasteiger partial charge >= 0.3 is 0 Å². The number of ether oxygens (including phenoxy) is 1. The summed E-state index contributed by atoms with van der Waals surface area (Å²) in [6.07, 6.45) is 3.25. The summed E-state index contributed by atoms with van der Waals surface area (Å²) in [6, 6.07) is -0.782. The molecule has 2 unspecified atom stereocenters. The number of nitrogens with zero attached hydrogens (tertiary/aromatic N) is 5. The van der Waals surface area contributed by atoms with Gasteiger partial charge in [-0.05, 0) is 42.6 Å². The van der Waals surface area contributed by atoms with E-state index in [9.17, 15) is 9.59 Å². The summed E-state index contributed by atoms with van der Waals surface area (Å²) in [6.45, 7) is 8.97. The molecule has 11 heteroatoms. The first kappa shape index (κ1) is 22.9. The largest absolute Gasteiger partial charge is 0.377 e. The fourth-order valence-corrected chi connectivity index (χ4v) is 6.14. The molecule has 1 amide bonds. The molecule has 3 aromatic rings. The van der Waals surface area contributed by atoms with Crippen LogP contribution in [0.3, 0.4) is 0 Å². The Balaban J connectivity index is 1.64. The van der Waals surface area contributed by atoms with E-state index in [0.717, 1.165) is 24.8 Å². The predicted molar refractivity (Wildman–Crippen MR) is 125 cm³/mol. The van der Waals surface area contributed by atoms with Crippen LogP contribution in [0, 0.1) is 11.3 Å². The molecule has 1 aliphatic rings. The monoisotopic (exact) mass is 476 g/mol. The van der Waals surface area contributed by atoms with E-state index in [1.807, 2.05) is 6.92 Å². The van der Waals surface area contributed by atoms with Crippen molar-refractivity contribution in [2.45, 2.75) is 66.0 Å². The number of fused-ring (bicyclic) bond motifs is 3. The fraction of sp³-hybridized carbons (Fsp3) is 0.619. The smallest absolute Gasteiger partial charge is 0.279 e. The number of amides is 1. The Morgan fingerprint density at radius 3 is 2.75 bits per heavy atom. The number of hydrogen-bond donors (Lipinski definition) is 1. The minimum atomic E-state index is -0.782. The number of carbonyl (C=O) groups excluding carboxylic acids is 1. The van der Waals surface area contributed by atoms with E-state index >= 15 is 0 Å². The van der Waals surface area contributed by atoms with E-state index in [4.69, 9.17) is 4.74 Å². The first-order valence-electron chi connectivity index (χ1n) is 10.7. The van der Waals surface area contributed by atoms with Gasteiger partial charge in [-0.2, -0.15) is 4.68 Å². The Kier molecular flexibility index (Phi) is 6.42. The number of carbonyl (C=O) groups is 1. The topological polar surface area (TPSA) is 112 Å². The molecule has 0 aromatic carbocycles. The highest BCUT2D eigenvalue weighted by Gasteiger charge is 2.33. The molecule has 1 aliphatic carbocycles. The lowest BCUT2D eigenvalue weighted by Crippen LogP contribution is -2.35. The van der Waals surface area contributed by atoms with Crippen LogP contribution >= 0.6 is 22.7 Å². The Morgan fingerprint density at radius 1 is 1.28 bits per heavy atom. The number of aromatic nitrogens is 5. The summed E-state index contributed by atoms with van der Waals surface area (Å²) < 4.78 is 6.26. The van der Waals surface area contributed by atoms with Crippen LogP contribution in [-0.2, 0) is 29.0 Å².